The standard InChI is InChI=1S/C19H22N4O3/c1-6-13(17(21-3)11(2)18(20)22-4)19(24)23-15-9-12(25-5)10-16-14(15)7-8-26-16/h6-10H,3H2,1-2,4-5H3,(H2,20,22)(H,23,24)/b13-6+,17-11-. The molecular formula is C19H22N4O3. The third kappa shape index (κ3) is 3.66. The van der Waals surface area contributed by atoms with Crippen molar-refractivity contribution >= 4 is 35.1 Å². The summed E-state index contributed by atoms with van der Waals surface area (Å²) >= 11 is 0. The van der Waals surface area contributed by atoms with Crippen molar-refractivity contribution in [2.45, 2.75) is 13.8 Å². The van der Waals surface area contributed by atoms with E-state index in [-0.39, 0.29) is 11.7 Å². The zero-order valence-corrected chi connectivity index (χ0v) is 15.3. The number of furan rings is 1. The van der Waals surface area contributed by atoms with Crippen LogP contribution < -0.4 is 15.8 Å². The number of anilines is 1. The average molecular weight is 354 g/mol. The highest BCUT2D eigenvalue weighted by molar-refractivity contribution is 6.12. The maximum atomic E-state index is 12.9. The number of carbonyl (C=O) groups is 1. The van der Waals surface area contributed by atoms with Gasteiger partial charge in [0.1, 0.15) is 17.2 Å². The first kappa shape index (κ1) is 19.0. The molecule has 0 aliphatic rings. The first-order chi connectivity index (χ1) is 12.5. The van der Waals surface area contributed by atoms with Gasteiger partial charge in [-0.25, -0.2) is 0 Å². The Balaban J connectivity index is 2.45. The van der Waals surface area contributed by atoms with Gasteiger partial charge in [-0.05, 0) is 26.6 Å². The molecule has 0 spiro atoms. The second-order valence-corrected chi connectivity index (χ2v) is 5.40. The molecule has 26 heavy (non-hydrogen) atoms. The summed E-state index contributed by atoms with van der Waals surface area (Å²) in [7, 11) is 3.12. The van der Waals surface area contributed by atoms with E-state index in [2.05, 4.69) is 22.0 Å². The molecule has 7 heteroatoms. The molecule has 0 aliphatic carbocycles. The molecule has 1 amide bonds. The van der Waals surface area contributed by atoms with Gasteiger partial charge >= 0.3 is 0 Å². The van der Waals surface area contributed by atoms with Crippen LogP contribution in [0.25, 0.3) is 11.0 Å². The minimum Gasteiger partial charge on any atom is -0.497 e. The number of methoxy groups -OCH3 is 1. The molecule has 0 unspecified atom stereocenters. The highest BCUT2D eigenvalue weighted by Gasteiger charge is 2.18. The van der Waals surface area contributed by atoms with Gasteiger partial charge in [0.2, 0.25) is 0 Å². The Bertz CT molecular complexity index is 935. The maximum absolute atomic E-state index is 12.9. The van der Waals surface area contributed by atoms with Crippen LogP contribution in [0.4, 0.5) is 5.69 Å². The monoisotopic (exact) mass is 354 g/mol. The lowest BCUT2D eigenvalue weighted by Gasteiger charge is -2.13. The number of nitrogens with two attached hydrogens (primary N) is 1. The Morgan fingerprint density at radius 1 is 1.42 bits per heavy atom. The van der Waals surface area contributed by atoms with E-state index >= 15 is 0 Å². The topological polar surface area (TPSA) is 102 Å². The number of amides is 1. The molecule has 2 aromatic rings. The molecule has 1 heterocycles. The molecule has 1 aromatic carbocycles. The van der Waals surface area contributed by atoms with Crippen LogP contribution in [0, 0.1) is 0 Å². The van der Waals surface area contributed by atoms with E-state index in [1.807, 2.05) is 0 Å². The van der Waals surface area contributed by atoms with Crippen molar-refractivity contribution in [2.24, 2.45) is 15.7 Å². The first-order valence-corrected chi connectivity index (χ1v) is 7.90. The number of ether oxygens (including phenoxy) is 1. The summed E-state index contributed by atoms with van der Waals surface area (Å²) in [4.78, 5) is 20.8. The lowest BCUT2D eigenvalue weighted by atomic mass is 10.1. The molecular weight excluding hydrogens is 332 g/mol. The van der Waals surface area contributed by atoms with Crippen LogP contribution in [0.15, 0.2) is 61.8 Å². The van der Waals surface area contributed by atoms with Crippen LogP contribution in [0.1, 0.15) is 13.8 Å². The number of fused-ring (bicyclic) bond motifs is 1. The van der Waals surface area contributed by atoms with Gasteiger partial charge in [0.15, 0.2) is 0 Å². The molecule has 0 saturated heterocycles. The van der Waals surface area contributed by atoms with E-state index in [1.165, 1.54) is 0 Å². The SMILES string of the molecule is C=NC(=C(/C)C(N)=NC)/C(=C\C)C(=O)Nc1cc(OC)cc2occc12. The van der Waals surface area contributed by atoms with Crippen LogP contribution in [0.3, 0.4) is 0 Å². The van der Waals surface area contributed by atoms with Crippen molar-refractivity contribution in [3.8, 4) is 5.75 Å². The first-order valence-electron chi connectivity index (χ1n) is 7.90. The van der Waals surface area contributed by atoms with E-state index < -0.39 is 0 Å². The van der Waals surface area contributed by atoms with Crippen LogP contribution in [0.2, 0.25) is 0 Å². The summed E-state index contributed by atoms with van der Waals surface area (Å²) in [5.41, 5.74) is 8.31. The Kier molecular flexibility index (Phi) is 5.95. The van der Waals surface area contributed by atoms with Gasteiger partial charge < -0.3 is 20.2 Å². The summed E-state index contributed by atoms with van der Waals surface area (Å²) in [6.07, 6.45) is 3.20. The van der Waals surface area contributed by atoms with E-state index in [4.69, 9.17) is 14.9 Å². The Labute approximate surface area is 151 Å². The predicted molar refractivity (Wildman–Crippen MR) is 105 cm³/mol. The number of allylic oxidation sites excluding steroid dienone is 1. The molecule has 7 nitrogen and oxygen atoms in total. The zero-order chi connectivity index (χ0) is 19.3. The second-order valence-electron chi connectivity index (χ2n) is 5.40. The van der Waals surface area contributed by atoms with E-state index in [9.17, 15) is 4.79 Å². The van der Waals surface area contributed by atoms with Gasteiger partial charge in [0.05, 0.1) is 30.3 Å². The number of nitrogens with zero attached hydrogens (tertiary/aromatic N) is 2. The number of hydrogen-bond donors (Lipinski definition) is 2. The minimum atomic E-state index is -0.353. The van der Waals surface area contributed by atoms with Crippen molar-refractivity contribution in [1.29, 1.82) is 0 Å². The van der Waals surface area contributed by atoms with E-state index in [1.54, 1.807) is 58.5 Å². The summed E-state index contributed by atoms with van der Waals surface area (Å²) in [6, 6.07) is 5.25. The van der Waals surface area contributed by atoms with Gasteiger partial charge in [-0.1, -0.05) is 6.08 Å². The maximum Gasteiger partial charge on any atom is 0.257 e. The van der Waals surface area contributed by atoms with Crippen LogP contribution in [0.5, 0.6) is 5.75 Å². The fraction of sp³-hybridized carbons (Fsp3) is 0.211. The number of rotatable bonds is 6. The fourth-order valence-corrected chi connectivity index (χ4v) is 2.53. The van der Waals surface area contributed by atoms with Crippen molar-refractivity contribution < 1.29 is 13.9 Å². The molecule has 0 aliphatic heterocycles. The van der Waals surface area contributed by atoms with Crippen molar-refractivity contribution in [2.75, 3.05) is 19.5 Å². The minimum absolute atomic E-state index is 0.290. The van der Waals surface area contributed by atoms with Gasteiger partial charge in [-0.2, -0.15) is 0 Å². The predicted octanol–water partition coefficient (Wildman–Crippen LogP) is 3.29. The zero-order valence-electron chi connectivity index (χ0n) is 15.3. The number of carbonyl (C=O) groups excluding carboxylic acids is 1. The molecule has 1 aromatic heterocycles. The van der Waals surface area contributed by atoms with Gasteiger partial charge in [0.25, 0.3) is 5.91 Å². The largest absolute Gasteiger partial charge is 0.497 e. The molecule has 0 atom stereocenters. The Morgan fingerprint density at radius 3 is 2.73 bits per heavy atom. The smallest absolute Gasteiger partial charge is 0.257 e. The highest BCUT2D eigenvalue weighted by Crippen LogP contribution is 2.31. The summed E-state index contributed by atoms with van der Waals surface area (Å²) < 4.78 is 10.7. The summed E-state index contributed by atoms with van der Waals surface area (Å²) in [5.74, 6) is 0.507. The van der Waals surface area contributed by atoms with Gasteiger partial charge in [0, 0.05) is 30.1 Å². The van der Waals surface area contributed by atoms with Crippen LogP contribution >= 0.6 is 0 Å². The van der Waals surface area contributed by atoms with Crippen molar-refractivity contribution in [3.05, 3.63) is 47.4 Å². The van der Waals surface area contributed by atoms with Gasteiger partial charge in [-0.3, -0.25) is 14.8 Å². The van der Waals surface area contributed by atoms with Gasteiger partial charge in [-0.15, -0.1) is 0 Å². The molecule has 2 rings (SSSR count). The summed E-state index contributed by atoms with van der Waals surface area (Å²) in [6.45, 7) is 7.03. The fourth-order valence-electron chi connectivity index (χ4n) is 2.53. The lowest BCUT2D eigenvalue weighted by molar-refractivity contribution is -0.112. The molecule has 0 fully saturated rings. The van der Waals surface area contributed by atoms with E-state index in [0.717, 1.165) is 5.39 Å². The molecule has 0 bridgehead atoms. The third-order valence-electron chi connectivity index (χ3n) is 3.96. The average Bonchev–Trinajstić information content (AvgIpc) is 3.13. The third-order valence-corrected chi connectivity index (χ3v) is 3.96. The lowest BCUT2D eigenvalue weighted by Crippen LogP contribution is -2.20. The highest BCUT2D eigenvalue weighted by atomic mass is 16.5. The number of amidine groups is 1. The van der Waals surface area contributed by atoms with E-state index in [0.29, 0.717) is 33.9 Å². The number of nitrogens with one attached hydrogen (secondary N) is 1. The molecule has 0 radical (unpaired) electrons. The van der Waals surface area contributed by atoms with Crippen molar-refractivity contribution in [3.63, 3.8) is 0 Å². The molecule has 3 N–H and O–H groups in total. The van der Waals surface area contributed by atoms with Crippen molar-refractivity contribution in [1.82, 2.24) is 0 Å². The molecule has 136 valence electrons. The number of hydrogen-bond acceptors (Lipinski definition) is 5. The Hall–Kier alpha value is -3.35. The molecule has 0 saturated carbocycles. The Morgan fingerprint density at radius 2 is 2.15 bits per heavy atom. The number of aliphatic imine (C=N–C) groups is 2. The normalized spacial score (nSPS) is 13.4. The number of benzene rings is 1. The quantitative estimate of drug-likeness (QED) is 0.360. The van der Waals surface area contributed by atoms with Crippen LogP contribution in [-0.4, -0.2) is 32.6 Å². The second kappa shape index (κ2) is 8.15. The summed E-state index contributed by atoms with van der Waals surface area (Å²) in [5, 5.41) is 3.64. The van der Waals surface area contributed by atoms with Crippen LogP contribution in [-0.2, 0) is 4.79 Å².